The Bertz CT molecular complexity index is 1450. The van der Waals surface area contributed by atoms with Crippen LogP contribution in [0.1, 0.15) is 24.0 Å². The number of benzene rings is 2. The molecule has 0 saturated carbocycles. The van der Waals surface area contributed by atoms with Gasteiger partial charge >= 0.3 is 17.9 Å². The molecule has 0 amide bonds. The first-order chi connectivity index (χ1) is 24.1. The molecule has 2 aromatic rings. The third kappa shape index (κ3) is 10.1. The van der Waals surface area contributed by atoms with Crippen molar-refractivity contribution < 1.29 is 93.9 Å². The van der Waals surface area contributed by atoms with Gasteiger partial charge in [-0.1, -0.05) is 24.3 Å². The van der Waals surface area contributed by atoms with Crippen LogP contribution in [0, 0.1) is 0 Å². The summed E-state index contributed by atoms with van der Waals surface area (Å²) >= 11 is 0. The van der Waals surface area contributed by atoms with E-state index in [4.69, 9.17) is 28.4 Å². The van der Waals surface area contributed by atoms with Crippen LogP contribution in [-0.4, -0.2) is 149 Å². The standard InChI is InChI=1S/C32H40O19/c33-11-19-23(38)25(40)27(42)29(50-19)48-17-5-1-15(2-6-17)13-46-22(37)10-32(45,9-21(35)36)31(44)47-14-16-3-7-18(8-4-16)49-30-28(43)26(41)24(39)20(12-34)51-30/h1-8,19-20,23-30,33-34,38-43,45H,9-14H2,(H,35,36)/t19-,20-,23-,24-,25+,26+,27-,28-,29+,30+,32-/m1/s1. The zero-order valence-corrected chi connectivity index (χ0v) is 26.8. The van der Waals surface area contributed by atoms with Gasteiger partial charge in [-0.05, 0) is 35.4 Å². The number of hydrogen-bond donors (Lipinski definition) is 10. The molecule has 19 heteroatoms. The van der Waals surface area contributed by atoms with Crippen molar-refractivity contribution in [2.75, 3.05) is 13.2 Å². The maximum Gasteiger partial charge on any atom is 0.339 e. The summed E-state index contributed by atoms with van der Waals surface area (Å²) in [5.41, 5.74) is -2.06. The van der Waals surface area contributed by atoms with Crippen LogP contribution in [0.4, 0.5) is 0 Å². The quantitative estimate of drug-likeness (QED) is 0.0793. The van der Waals surface area contributed by atoms with Crippen molar-refractivity contribution in [2.24, 2.45) is 0 Å². The molecule has 0 bridgehead atoms. The molecule has 4 rings (SSSR count). The maximum atomic E-state index is 12.8. The molecule has 0 aliphatic carbocycles. The summed E-state index contributed by atoms with van der Waals surface area (Å²) in [4.78, 5) is 36.8. The van der Waals surface area contributed by atoms with Gasteiger partial charge < -0.3 is 79.5 Å². The van der Waals surface area contributed by atoms with E-state index in [9.17, 15) is 65.4 Å². The van der Waals surface area contributed by atoms with Gasteiger partial charge in [0.25, 0.3) is 0 Å². The van der Waals surface area contributed by atoms with Crippen molar-refractivity contribution in [2.45, 2.75) is 93.1 Å². The Morgan fingerprint density at radius 2 is 1.02 bits per heavy atom. The molecule has 11 atom stereocenters. The van der Waals surface area contributed by atoms with E-state index in [-0.39, 0.29) is 18.1 Å². The van der Waals surface area contributed by atoms with Crippen LogP contribution in [0.25, 0.3) is 0 Å². The van der Waals surface area contributed by atoms with Crippen molar-refractivity contribution in [3.63, 3.8) is 0 Å². The molecule has 51 heavy (non-hydrogen) atoms. The molecule has 0 radical (unpaired) electrons. The highest BCUT2D eigenvalue weighted by Gasteiger charge is 2.46. The molecule has 2 aliphatic heterocycles. The lowest BCUT2D eigenvalue weighted by molar-refractivity contribution is -0.277. The fraction of sp³-hybridized carbons (Fsp3) is 0.531. The van der Waals surface area contributed by atoms with Gasteiger partial charge in [-0.25, -0.2) is 4.79 Å². The summed E-state index contributed by atoms with van der Waals surface area (Å²) < 4.78 is 31.7. The topological polar surface area (TPSA) is 309 Å². The predicted octanol–water partition coefficient (Wildman–Crippen LogP) is -3.57. The number of esters is 2. The Balaban J connectivity index is 1.27. The highest BCUT2D eigenvalue weighted by molar-refractivity contribution is 5.89. The van der Waals surface area contributed by atoms with E-state index in [0.717, 1.165) is 0 Å². The molecule has 0 aromatic heterocycles. The first-order valence-electron chi connectivity index (χ1n) is 15.5. The van der Waals surface area contributed by atoms with E-state index in [1.54, 1.807) is 0 Å². The van der Waals surface area contributed by atoms with E-state index in [2.05, 4.69) is 0 Å². The second-order valence-corrected chi connectivity index (χ2v) is 11.9. The van der Waals surface area contributed by atoms with Crippen LogP contribution in [0.5, 0.6) is 11.5 Å². The molecule has 10 N–H and O–H groups in total. The van der Waals surface area contributed by atoms with Crippen LogP contribution in [-0.2, 0) is 46.5 Å². The Labute approximate surface area is 289 Å². The zero-order chi connectivity index (χ0) is 37.5. The van der Waals surface area contributed by atoms with Crippen molar-refractivity contribution in [1.29, 1.82) is 0 Å². The monoisotopic (exact) mass is 728 g/mol. The zero-order valence-electron chi connectivity index (χ0n) is 26.8. The van der Waals surface area contributed by atoms with Crippen LogP contribution >= 0.6 is 0 Å². The second-order valence-electron chi connectivity index (χ2n) is 11.9. The summed E-state index contributed by atoms with van der Waals surface area (Å²) in [5, 5.41) is 98.7. The van der Waals surface area contributed by atoms with Gasteiger partial charge in [-0.15, -0.1) is 0 Å². The average molecular weight is 729 g/mol. The van der Waals surface area contributed by atoms with Crippen LogP contribution in [0.15, 0.2) is 48.5 Å². The fourth-order valence-electron chi connectivity index (χ4n) is 5.12. The number of aliphatic hydroxyl groups is 9. The largest absolute Gasteiger partial charge is 0.481 e. The highest BCUT2D eigenvalue weighted by atomic mass is 16.7. The van der Waals surface area contributed by atoms with E-state index >= 15 is 0 Å². The molecule has 2 fully saturated rings. The van der Waals surface area contributed by atoms with Crippen LogP contribution in [0.2, 0.25) is 0 Å². The number of rotatable bonds is 15. The van der Waals surface area contributed by atoms with Crippen molar-refractivity contribution in [3.05, 3.63) is 59.7 Å². The number of carbonyl (C=O) groups is 3. The summed E-state index contributed by atoms with van der Waals surface area (Å²) in [5.74, 6) is -3.89. The number of aliphatic hydroxyl groups excluding tert-OH is 8. The molecule has 2 aliphatic rings. The number of carbonyl (C=O) groups excluding carboxylic acids is 2. The first kappa shape index (κ1) is 39.8. The van der Waals surface area contributed by atoms with Gasteiger partial charge in [0.15, 0.2) is 5.60 Å². The number of hydrogen-bond acceptors (Lipinski definition) is 18. The third-order valence-corrected chi connectivity index (χ3v) is 8.08. The summed E-state index contributed by atoms with van der Waals surface area (Å²) in [6.07, 6.45) is -17.2. The van der Waals surface area contributed by atoms with E-state index in [0.29, 0.717) is 11.1 Å². The summed E-state index contributed by atoms with van der Waals surface area (Å²) in [7, 11) is 0. The molecule has 19 nitrogen and oxygen atoms in total. The fourth-order valence-corrected chi connectivity index (χ4v) is 5.12. The molecule has 282 valence electrons. The minimum absolute atomic E-state index is 0.121. The number of aliphatic carboxylic acids is 1. The Kier molecular flexibility index (Phi) is 13.6. The van der Waals surface area contributed by atoms with Crippen molar-refractivity contribution in [3.8, 4) is 11.5 Å². The molecule has 0 unspecified atom stereocenters. The van der Waals surface area contributed by atoms with Gasteiger partial charge in [-0.3, -0.25) is 9.59 Å². The van der Waals surface area contributed by atoms with E-state index < -0.39 is 118 Å². The molecular weight excluding hydrogens is 688 g/mol. The van der Waals surface area contributed by atoms with Gasteiger partial charge in [0.2, 0.25) is 12.6 Å². The lowest BCUT2D eigenvalue weighted by atomic mass is 9.95. The Hall–Kier alpha value is -3.99. The highest BCUT2D eigenvalue weighted by Crippen LogP contribution is 2.27. The van der Waals surface area contributed by atoms with Gasteiger partial charge in [0, 0.05) is 0 Å². The lowest BCUT2D eigenvalue weighted by Crippen LogP contribution is -2.60. The molecule has 2 aromatic carbocycles. The number of carboxylic acid groups (broad SMARTS) is 1. The summed E-state index contributed by atoms with van der Waals surface area (Å²) in [6, 6.07) is 11.3. The average Bonchev–Trinajstić information content (AvgIpc) is 3.10. The molecular formula is C32H40O19. The smallest absolute Gasteiger partial charge is 0.339 e. The molecule has 2 saturated heterocycles. The minimum Gasteiger partial charge on any atom is -0.481 e. The van der Waals surface area contributed by atoms with Crippen LogP contribution < -0.4 is 9.47 Å². The molecule has 0 spiro atoms. The first-order valence-corrected chi connectivity index (χ1v) is 15.5. The third-order valence-electron chi connectivity index (χ3n) is 8.08. The SMILES string of the molecule is O=C(O)C[C@@](O)(CC(=O)OCc1ccc(O[C@H]2O[C@H](CO)[C@@H](O)[C@H](O)[C@H]2O)cc1)C(=O)OCc1ccc(O[C@H]2O[C@H](CO)[C@@H](O)[C@H](O)[C@H]2O)cc1. The Morgan fingerprint density at radius 1 is 0.608 bits per heavy atom. The number of ether oxygens (including phenoxy) is 6. The Morgan fingerprint density at radius 3 is 1.41 bits per heavy atom. The van der Waals surface area contributed by atoms with Gasteiger partial charge in [0.1, 0.15) is 73.5 Å². The lowest BCUT2D eigenvalue weighted by Gasteiger charge is -2.39. The van der Waals surface area contributed by atoms with Crippen molar-refractivity contribution in [1.82, 2.24) is 0 Å². The summed E-state index contributed by atoms with van der Waals surface area (Å²) in [6.45, 7) is -2.12. The van der Waals surface area contributed by atoms with Gasteiger partial charge in [0.05, 0.1) is 26.1 Å². The van der Waals surface area contributed by atoms with Crippen LogP contribution in [0.3, 0.4) is 0 Å². The normalized spacial score (nSPS) is 30.5. The van der Waals surface area contributed by atoms with E-state index in [1.165, 1.54) is 48.5 Å². The maximum absolute atomic E-state index is 12.8. The molecule has 2 heterocycles. The number of carboxylic acids is 1. The van der Waals surface area contributed by atoms with Gasteiger partial charge in [-0.2, -0.15) is 0 Å². The minimum atomic E-state index is -2.79. The van der Waals surface area contributed by atoms with E-state index in [1.807, 2.05) is 0 Å². The second kappa shape index (κ2) is 17.5. The van der Waals surface area contributed by atoms with Crippen molar-refractivity contribution >= 4 is 17.9 Å². The predicted molar refractivity (Wildman–Crippen MR) is 163 cm³/mol.